The van der Waals surface area contributed by atoms with Crippen LogP contribution in [0.3, 0.4) is 0 Å². The number of carboxylic acids is 1. The second kappa shape index (κ2) is 7.71. The third-order valence-electron chi connectivity index (χ3n) is 4.28. The van der Waals surface area contributed by atoms with E-state index in [9.17, 15) is 18.0 Å². The number of hydrogen-bond donors (Lipinski definition) is 1. The van der Waals surface area contributed by atoms with Crippen molar-refractivity contribution in [2.45, 2.75) is 12.7 Å². The highest BCUT2D eigenvalue weighted by molar-refractivity contribution is 7.09. The first-order valence-corrected chi connectivity index (χ1v) is 9.51. The highest BCUT2D eigenvalue weighted by Gasteiger charge is 2.31. The van der Waals surface area contributed by atoms with Crippen LogP contribution in [0.5, 0.6) is 0 Å². The van der Waals surface area contributed by atoms with E-state index in [0.717, 1.165) is 12.1 Å². The highest BCUT2D eigenvalue weighted by atomic mass is 32.1. The van der Waals surface area contributed by atoms with Gasteiger partial charge in [0.1, 0.15) is 5.01 Å². The Morgan fingerprint density at radius 2 is 1.93 bits per heavy atom. The molecule has 0 aliphatic heterocycles. The van der Waals surface area contributed by atoms with Gasteiger partial charge in [0.2, 0.25) is 0 Å². The number of alkyl halides is 3. The van der Waals surface area contributed by atoms with Crippen molar-refractivity contribution in [2.75, 3.05) is 0 Å². The number of benzene rings is 1. The van der Waals surface area contributed by atoms with Gasteiger partial charge in [0.15, 0.2) is 0 Å². The van der Waals surface area contributed by atoms with Crippen molar-refractivity contribution in [1.82, 2.24) is 19.7 Å². The van der Waals surface area contributed by atoms with Crippen molar-refractivity contribution in [3.05, 3.63) is 76.6 Å². The fraction of sp³-hybridized carbons (Fsp3) is 0.100. The van der Waals surface area contributed by atoms with Gasteiger partial charge < -0.3 is 5.11 Å². The standard InChI is InChI=1S/C20H13F3N4O2S/c21-20(22,23)16-5-13(12-2-1-3-24-7-12)4-14(6-16)17-11-30-18(26-17)10-27-9-15(8-25-27)19(28)29/h1-9,11H,10H2,(H,28,29). The summed E-state index contributed by atoms with van der Waals surface area (Å²) in [6, 6.07) is 7.14. The van der Waals surface area contributed by atoms with Crippen LogP contribution in [0.15, 0.2) is 60.5 Å². The van der Waals surface area contributed by atoms with Crippen molar-refractivity contribution in [1.29, 1.82) is 0 Å². The Morgan fingerprint density at radius 1 is 1.13 bits per heavy atom. The van der Waals surface area contributed by atoms with E-state index in [1.165, 1.54) is 34.6 Å². The van der Waals surface area contributed by atoms with Gasteiger partial charge in [0.25, 0.3) is 0 Å². The lowest BCUT2D eigenvalue weighted by molar-refractivity contribution is -0.137. The molecule has 30 heavy (non-hydrogen) atoms. The highest BCUT2D eigenvalue weighted by Crippen LogP contribution is 2.36. The zero-order valence-corrected chi connectivity index (χ0v) is 16.0. The molecule has 3 heterocycles. The molecule has 0 saturated heterocycles. The molecule has 0 saturated carbocycles. The number of carbonyl (C=O) groups is 1. The lowest BCUT2D eigenvalue weighted by atomic mass is 9.99. The molecular formula is C20H13F3N4O2S. The quantitative estimate of drug-likeness (QED) is 0.490. The van der Waals surface area contributed by atoms with Crippen molar-refractivity contribution in [3.8, 4) is 22.4 Å². The maximum absolute atomic E-state index is 13.4. The number of halogens is 3. The number of pyridine rings is 1. The average Bonchev–Trinajstić information content (AvgIpc) is 3.38. The molecule has 0 aliphatic rings. The predicted octanol–water partition coefficient (Wildman–Crippen LogP) is 4.83. The fourth-order valence-electron chi connectivity index (χ4n) is 2.85. The van der Waals surface area contributed by atoms with Gasteiger partial charge in [-0.25, -0.2) is 9.78 Å². The lowest BCUT2D eigenvalue weighted by Crippen LogP contribution is -2.05. The number of aromatic carboxylic acids is 1. The van der Waals surface area contributed by atoms with Gasteiger partial charge in [0, 0.05) is 35.1 Å². The maximum atomic E-state index is 13.4. The Labute approximate surface area is 172 Å². The Balaban J connectivity index is 1.68. The normalized spacial score (nSPS) is 11.6. The molecule has 0 atom stereocenters. The summed E-state index contributed by atoms with van der Waals surface area (Å²) in [5.41, 5.74) is 0.964. The molecule has 0 spiro atoms. The van der Waals surface area contributed by atoms with E-state index in [1.54, 1.807) is 29.8 Å². The SMILES string of the molecule is O=C(O)c1cnn(Cc2nc(-c3cc(-c4cccnc4)cc(C(F)(F)F)c3)cs2)c1. The minimum atomic E-state index is -4.51. The molecule has 1 N–H and O–H groups in total. The first kappa shape index (κ1) is 19.8. The first-order chi connectivity index (χ1) is 14.3. The Kier molecular flexibility index (Phi) is 5.08. The van der Waals surface area contributed by atoms with Crippen LogP contribution in [0.1, 0.15) is 20.9 Å². The predicted molar refractivity (Wildman–Crippen MR) is 104 cm³/mol. The summed E-state index contributed by atoms with van der Waals surface area (Å²) in [5, 5.41) is 15.2. The van der Waals surface area contributed by atoms with Crippen LogP contribution in [0.25, 0.3) is 22.4 Å². The van der Waals surface area contributed by atoms with E-state index in [2.05, 4.69) is 15.1 Å². The molecule has 0 bridgehead atoms. The number of nitrogens with zero attached hydrogens (tertiary/aromatic N) is 4. The number of rotatable bonds is 5. The molecule has 6 nitrogen and oxygen atoms in total. The third-order valence-corrected chi connectivity index (χ3v) is 5.11. The number of hydrogen-bond acceptors (Lipinski definition) is 5. The summed E-state index contributed by atoms with van der Waals surface area (Å²) < 4.78 is 41.8. The molecule has 152 valence electrons. The molecule has 0 radical (unpaired) electrons. The van der Waals surface area contributed by atoms with E-state index in [4.69, 9.17) is 5.11 Å². The van der Waals surface area contributed by atoms with Crippen molar-refractivity contribution < 1.29 is 23.1 Å². The van der Waals surface area contributed by atoms with Crippen LogP contribution in [0.4, 0.5) is 13.2 Å². The minimum Gasteiger partial charge on any atom is -0.478 e. The van der Waals surface area contributed by atoms with Gasteiger partial charge in [-0.3, -0.25) is 9.67 Å². The topological polar surface area (TPSA) is 80.9 Å². The van der Waals surface area contributed by atoms with Gasteiger partial charge in [-0.05, 0) is 29.8 Å². The van der Waals surface area contributed by atoms with Crippen molar-refractivity contribution in [2.24, 2.45) is 0 Å². The second-order valence-corrected chi connectivity index (χ2v) is 7.34. The van der Waals surface area contributed by atoms with Crippen molar-refractivity contribution in [3.63, 3.8) is 0 Å². The molecule has 0 fully saturated rings. The summed E-state index contributed by atoms with van der Waals surface area (Å²) in [7, 11) is 0. The molecule has 10 heteroatoms. The zero-order valence-electron chi connectivity index (χ0n) is 15.2. The first-order valence-electron chi connectivity index (χ1n) is 8.63. The molecule has 1 aromatic carbocycles. The molecule has 0 amide bonds. The van der Waals surface area contributed by atoms with Crippen LogP contribution in [0, 0.1) is 0 Å². The van der Waals surface area contributed by atoms with Gasteiger partial charge in [-0.15, -0.1) is 11.3 Å². The summed E-state index contributed by atoms with van der Waals surface area (Å²) in [5.74, 6) is -1.09. The average molecular weight is 430 g/mol. The Hall–Kier alpha value is -3.53. The molecule has 3 aromatic heterocycles. The van der Waals surface area contributed by atoms with E-state index in [-0.39, 0.29) is 12.1 Å². The van der Waals surface area contributed by atoms with Gasteiger partial charge >= 0.3 is 12.1 Å². The number of thiazole rings is 1. The second-order valence-electron chi connectivity index (χ2n) is 6.40. The third kappa shape index (κ3) is 4.23. The Morgan fingerprint density at radius 3 is 2.60 bits per heavy atom. The summed E-state index contributed by atoms with van der Waals surface area (Å²) in [6.07, 6.45) is 1.14. The van der Waals surface area contributed by atoms with E-state index in [1.807, 2.05) is 0 Å². The monoisotopic (exact) mass is 430 g/mol. The molecule has 4 rings (SSSR count). The van der Waals surface area contributed by atoms with Crippen LogP contribution >= 0.6 is 11.3 Å². The molecular weight excluding hydrogens is 417 g/mol. The number of aromatic nitrogens is 4. The van der Waals surface area contributed by atoms with Gasteiger partial charge in [-0.2, -0.15) is 18.3 Å². The zero-order chi connectivity index (χ0) is 21.3. The Bertz CT molecular complexity index is 1200. The summed E-state index contributed by atoms with van der Waals surface area (Å²) in [6.45, 7) is 0.215. The molecule has 4 aromatic rings. The molecule has 0 aliphatic carbocycles. The smallest absolute Gasteiger partial charge is 0.416 e. The maximum Gasteiger partial charge on any atom is 0.416 e. The fourth-order valence-corrected chi connectivity index (χ4v) is 3.65. The van der Waals surface area contributed by atoms with Crippen LogP contribution < -0.4 is 0 Å². The summed E-state index contributed by atoms with van der Waals surface area (Å²) in [4.78, 5) is 19.3. The van der Waals surface area contributed by atoms with Crippen LogP contribution in [-0.4, -0.2) is 30.8 Å². The van der Waals surface area contributed by atoms with E-state index < -0.39 is 17.7 Å². The van der Waals surface area contributed by atoms with E-state index >= 15 is 0 Å². The van der Waals surface area contributed by atoms with Crippen LogP contribution in [0.2, 0.25) is 0 Å². The van der Waals surface area contributed by atoms with Crippen molar-refractivity contribution >= 4 is 17.3 Å². The van der Waals surface area contributed by atoms with Crippen LogP contribution in [-0.2, 0) is 12.7 Å². The number of carboxylic acid groups (broad SMARTS) is 1. The van der Waals surface area contributed by atoms with Gasteiger partial charge in [0.05, 0.1) is 29.6 Å². The minimum absolute atomic E-state index is 0.0470. The van der Waals surface area contributed by atoms with E-state index in [0.29, 0.717) is 27.4 Å². The lowest BCUT2D eigenvalue weighted by Gasteiger charge is -2.11. The van der Waals surface area contributed by atoms with Gasteiger partial charge in [-0.1, -0.05) is 6.07 Å². The summed E-state index contributed by atoms with van der Waals surface area (Å²) >= 11 is 1.26. The largest absolute Gasteiger partial charge is 0.478 e. The molecule has 0 unspecified atom stereocenters.